The van der Waals surface area contributed by atoms with Gasteiger partial charge < -0.3 is 9.64 Å². The molecular weight excluding hydrogens is 226 g/mol. The van der Waals surface area contributed by atoms with Crippen LogP contribution in [-0.2, 0) is 4.74 Å². The molecule has 1 aromatic heterocycles. The van der Waals surface area contributed by atoms with Gasteiger partial charge in [0, 0.05) is 32.5 Å². The van der Waals surface area contributed by atoms with Crippen LogP contribution in [0.5, 0.6) is 0 Å². The SMILES string of the molecule is Cc1ccc(C#N)c(N(C)CC2CCOCC2)n1. The first-order chi connectivity index (χ1) is 8.70. The van der Waals surface area contributed by atoms with E-state index in [1.54, 1.807) is 0 Å². The fourth-order valence-corrected chi connectivity index (χ4v) is 2.32. The van der Waals surface area contributed by atoms with Crippen LogP contribution in [0.25, 0.3) is 0 Å². The van der Waals surface area contributed by atoms with Gasteiger partial charge >= 0.3 is 0 Å². The van der Waals surface area contributed by atoms with E-state index >= 15 is 0 Å². The number of rotatable bonds is 3. The van der Waals surface area contributed by atoms with Crippen molar-refractivity contribution in [3.8, 4) is 6.07 Å². The summed E-state index contributed by atoms with van der Waals surface area (Å²) in [6.07, 6.45) is 2.19. The molecule has 1 aliphatic heterocycles. The maximum atomic E-state index is 9.13. The van der Waals surface area contributed by atoms with Gasteiger partial charge in [0.25, 0.3) is 0 Å². The number of anilines is 1. The summed E-state index contributed by atoms with van der Waals surface area (Å²) in [4.78, 5) is 6.58. The number of ether oxygens (including phenoxy) is 1. The maximum absolute atomic E-state index is 9.13. The van der Waals surface area contributed by atoms with Gasteiger partial charge in [-0.1, -0.05) is 0 Å². The standard InChI is InChI=1S/C14H19N3O/c1-11-3-4-13(9-15)14(16-11)17(2)10-12-5-7-18-8-6-12/h3-4,12H,5-8,10H2,1-2H3. The Morgan fingerprint density at radius 2 is 2.17 bits per heavy atom. The highest BCUT2D eigenvalue weighted by molar-refractivity contribution is 5.53. The summed E-state index contributed by atoms with van der Waals surface area (Å²) in [6, 6.07) is 5.94. The van der Waals surface area contributed by atoms with Crippen molar-refractivity contribution < 1.29 is 4.74 Å². The zero-order valence-electron chi connectivity index (χ0n) is 11.0. The van der Waals surface area contributed by atoms with Crippen LogP contribution >= 0.6 is 0 Å². The van der Waals surface area contributed by atoms with Crippen molar-refractivity contribution in [2.45, 2.75) is 19.8 Å². The van der Waals surface area contributed by atoms with E-state index in [4.69, 9.17) is 10.00 Å². The lowest BCUT2D eigenvalue weighted by molar-refractivity contribution is 0.0685. The molecule has 1 fully saturated rings. The van der Waals surface area contributed by atoms with Crippen molar-refractivity contribution in [2.75, 3.05) is 31.7 Å². The monoisotopic (exact) mass is 245 g/mol. The Bertz CT molecular complexity index is 447. The Labute approximate surface area is 108 Å². The van der Waals surface area contributed by atoms with E-state index in [9.17, 15) is 0 Å². The molecule has 1 aliphatic rings. The highest BCUT2D eigenvalue weighted by Crippen LogP contribution is 2.21. The van der Waals surface area contributed by atoms with Crippen LogP contribution in [-0.4, -0.2) is 31.8 Å². The molecule has 0 spiro atoms. The Morgan fingerprint density at radius 3 is 2.83 bits per heavy atom. The van der Waals surface area contributed by atoms with Gasteiger partial charge in [0.15, 0.2) is 0 Å². The molecule has 0 bridgehead atoms. The third kappa shape index (κ3) is 2.99. The van der Waals surface area contributed by atoms with Crippen LogP contribution < -0.4 is 4.90 Å². The average molecular weight is 245 g/mol. The first-order valence-corrected chi connectivity index (χ1v) is 6.37. The Balaban J connectivity index is 2.10. The van der Waals surface area contributed by atoms with Gasteiger partial charge in [-0.15, -0.1) is 0 Å². The number of aromatic nitrogens is 1. The minimum absolute atomic E-state index is 0.637. The molecule has 0 N–H and O–H groups in total. The summed E-state index contributed by atoms with van der Waals surface area (Å²) in [5.74, 6) is 1.43. The number of hydrogen-bond acceptors (Lipinski definition) is 4. The lowest BCUT2D eigenvalue weighted by Crippen LogP contribution is -2.30. The number of pyridine rings is 1. The van der Waals surface area contributed by atoms with Crippen molar-refractivity contribution in [3.63, 3.8) is 0 Å². The third-order valence-corrected chi connectivity index (χ3v) is 3.37. The summed E-state index contributed by atoms with van der Waals surface area (Å²) < 4.78 is 5.36. The normalized spacial score (nSPS) is 16.3. The Hall–Kier alpha value is -1.60. The van der Waals surface area contributed by atoms with Crippen molar-refractivity contribution in [1.82, 2.24) is 4.98 Å². The summed E-state index contributed by atoms with van der Waals surface area (Å²) in [7, 11) is 2.01. The molecule has 18 heavy (non-hydrogen) atoms. The summed E-state index contributed by atoms with van der Waals surface area (Å²) in [5, 5.41) is 9.13. The second kappa shape index (κ2) is 5.83. The van der Waals surface area contributed by atoms with E-state index in [1.165, 1.54) is 0 Å². The van der Waals surface area contributed by atoms with Crippen LogP contribution in [0.4, 0.5) is 5.82 Å². The third-order valence-electron chi connectivity index (χ3n) is 3.37. The molecule has 2 heterocycles. The zero-order chi connectivity index (χ0) is 13.0. The van der Waals surface area contributed by atoms with Gasteiger partial charge in [0.05, 0.1) is 5.56 Å². The lowest BCUT2D eigenvalue weighted by atomic mass is 10.00. The minimum atomic E-state index is 0.637. The topological polar surface area (TPSA) is 49.2 Å². The second-order valence-electron chi connectivity index (χ2n) is 4.87. The predicted molar refractivity (Wildman–Crippen MR) is 70.5 cm³/mol. The van der Waals surface area contributed by atoms with Crippen molar-refractivity contribution in [2.24, 2.45) is 5.92 Å². The van der Waals surface area contributed by atoms with Crippen LogP contribution in [0.2, 0.25) is 0 Å². The molecule has 2 rings (SSSR count). The maximum Gasteiger partial charge on any atom is 0.146 e. The van der Waals surface area contributed by atoms with Gasteiger partial charge in [-0.2, -0.15) is 5.26 Å². The number of nitriles is 1. The average Bonchev–Trinajstić information content (AvgIpc) is 2.40. The van der Waals surface area contributed by atoms with Crippen molar-refractivity contribution >= 4 is 5.82 Å². The van der Waals surface area contributed by atoms with E-state index < -0.39 is 0 Å². The second-order valence-corrected chi connectivity index (χ2v) is 4.87. The fourth-order valence-electron chi connectivity index (χ4n) is 2.32. The minimum Gasteiger partial charge on any atom is -0.381 e. The molecular formula is C14H19N3O. The summed E-state index contributed by atoms with van der Waals surface area (Å²) in [6.45, 7) is 4.59. The summed E-state index contributed by atoms with van der Waals surface area (Å²) in [5.41, 5.74) is 1.60. The zero-order valence-corrected chi connectivity index (χ0v) is 11.0. The molecule has 0 atom stereocenters. The van der Waals surface area contributed by atoms with Crippen LogP contribution in [0, 0.1) is 24.2 Å². The van der Waals surface area contributed by atoms with Gasteiger partial charge in [-0.05, 0) is 37.8 Å². The molecule has 0 radical (unpaired) electrons. The summed E-state index contributed by atoms with van der Waals surface area (Å²) >= 11 is 0. The lowest BCUT2D eigenvalue weighted by Gasteiger charge is -2.28. The van der Waals surface area contributed by atoms with Crippen molar-refractivity contribution in [3.05, 3.63) is 23.4 Å². The highest BCUT2D eigenvalue weighted by atomic mass is 16.5. The van der Waals surface area contributed by atoms with E-state index in [0.29, 0.717) is 11.5 Å². The molecule has 0 aliphatic carbocycles. The largest absolute Gasteiger partial charge is 0.381 e. The van der Waals surface area contributed by atoms with Crippen LogP contribution in [0.3, 0.4) is 0 Å². The van der Waals surface area contributed by atoms with Gasteiger partial charge in [0.1, 0.15) is 11.9 Å². The molecule has 0 saturated carbocycles. The van der Waals surface area contributed by atoms with Crippen LogP contribution in [0.15, 0.2) is 12.1 Å². The quantitative estimate of drug-likeness (QED) is 0.818. The van der Waals surface area contributed by atoms with E-state index in [2.05, 4.69) is 16.0 Å². The van der Waals surface area contributed by atoms with Crippen molar-refractivity contribution in [1.29, 1.82) is 5.26 Å². The molecule has 0 aromatic carbocycles. The molecule has 4 heteroatoms. The molecule has 96 valence electrons. The molecule has 4 nitrogen and oxygen atoms in total. The van der Waals surface area contributed by atoms with Gasteiger partial charge in [-0.25, -0.2) is 4.98 Å². The number of aryl methyl sites for hydroxylation is 1. The van der Waals surface area contributed by atoms with E-state index in [1.807, 2.05) is 26.1 Å². The molecule has 1 aromatic rings. The Morgan fingerprint density at radius 1 is 1.44 bits per heavy atom. The molecule has 0 amide bonds. The smallest absolute Gasteiger partial charge is 0.146 e. The first-order valence-electron chi connectivity index (χ1n) is 6.37. The van der Waals surface area contributed by atoms with E-state index in [0.717, 1.165) is 44.1 Å². The first kappa shape index (κ1) is 12.8. The van der Waals surface area contributed by atoms with E-state index in [-0.39, 0.29) is 0 Å². The predicted octanol–water partition coefficient (Wildman–Crippen LogP) is 2.12. The van der Waals surface area contributed by atoms with Crippen LogP contribution in [0.1, 0.15) is 24.1 Å². The molecule has 1 saturated heterocycles. The van der Waals surface area contributed by atoms with Gasteiger partial charge in [0.2, 0.25) is 0 Å². The highest BCUT2D eigenvalue weighted by Gasteiger charge is 2.18. The molecule has 0 unspecified atom stereocenters. The van der Waals surface area contributed by atoms with Gasteiger partial charge in [-0.3, -0.25) is 0 Å². The fraction of sp³-hybridized carbons (Fsp3) is 0.571. The Kier molecular flexibility index (Phi) is 4.16. The number of nitrogens with zero attached hydrogens (tertiary/aromatic N) is 3. The number of hydrogen-bond donors (Lipinski definition) is 0.